The topological polar surface area (TPSA) is 209 Å². The minimum absolute atomic E-state index is 0.115. The summed E-state index contributed by atoms with van der Waals surface area (Å²) in [4.78, 5) is 101. The van der Waals surface area contributed by atoms with Crippen LogP contribution in [0, 0.1) is 5.92 Å². The molecule has 2 aromatic heterocycles. The molecule has 3 heterocycles. The van der Waals surface area contributed by atoms with Crippen LogP contribution >= 0.6 is 22.7 Å². The smallest absolute Gasteiger partial charge is 0.246 e. The molecule has 370 valence electrons. The first-order valence-corrected chi connectivity index (χ1v) is 26.1. The lowest BCUT2D eigenvalue weighted by Crippen LogP contribution is -2.65. The first-order valence-electron chi connectivity index (χ1n) is 24.5. The number of carbonyl (C=O) groups excluding carboxylic acids is 7. The predicted octanol–water partition coefficient (Wildman–Crippen LogP) is 5.89. The third kappa shape index (κ3) is 13.5. The van der Waals surface area contributed by atoms with Crippen LogP contribution in [-0.2, 0) is 59.2 Å². The highest BCUT2D eigenvalue weighted by molar-refractivity contribution is 7.19. The summed E-state index contributed by atoms with van der Waals surface area (Å²) in [5.74, 6) is -3.65. The quantitative estimate of drug-likeness (QED) is 0.0515. The van der Waals surface area contributed by atoms with Crippen molar-refractivity contribution >= 4 is 84.2 Å². The number of benzene rings is 4. The molecule has 8 rings (SSSR count). The zero-order chi connectivity index (χ0) is 49.9. The number of rotatable bonds is 21. The van der Waals surface area contributed by atoms with E-state index in [-0.39, 0.29) is 38.1 Å². The lowest BCUT2D eigenvalue weighted by molar-refractivity contribution is -0.150. The highest BCUT2D eigenvalue weighted by Gasteiger charge is 2.43. The van der Waals surface area contributed by atoms with E-state index in [0.717, 1.165) is 73.2 Å². The maximum absolute atomic E-state index is 14.7. The maximum Gasteiger partial charge on any atom is 0.246 e. The second-order valence-electron chi connectivity index (χ2n) is 18.8. The number of fused-ring (bicyclic) bond motifs is 2. The summed E-state index contributed by atoms with van der Waals surface area (Å²) >= 11 is 3.01. The van der Waals surface area contributed by atoms with E-state index in [9.17, 15) is 33.6 Å². The van der Waals surface area contributed by atoms with Gasteiger partial charge in [0.15, 0.2) is 0 Å². The molecule has 14 nitrogen and oxygen atoms in total. The molecule has 0 radical (unpaired) electrons. The fourth-order valence-electron chi connectivity index (χ4n) is 9.66. The van der Waals surface area contributed by atoms with Crippen LogP contribution in [0.1, 0.15) is 72.8 Å². The normalized spacial score (nSPS) is 16.9. The van der Waals surface area contributed by atoms with Crippen molar-refractivity contribution in [3.8, 4) is 0 Å². The molecule has 71 heavy (non-hydrogen) atoms. The summed E-state index contributed by atoms with van der Waals surface area (Å²) in [7, 11) is 0. The summed E-state index contributed by atoms with van der Waals surface area (Å²) in [5.41, 5.74) is 7.45. The van der Waals surface area contributed by atoms with Crippen molar-refractivity contribution in [1.29, 1.82) is 0 Å². The molecule has 16 heteroatoms. The van der Waals surface area contributed by atoms with Gasteiger partial charge in [-0.15, -0.1) is 22.7 Å². The molecule has 1 saturated carbocycles. The van der Waals surface area contributed by atoms with E-state index in [4.69, 9.17) is 5.73 Å². The van der Waals surface area contributed by atoms with Crippen molar-refractivity contribution in [3.63, 3.8) is 0 Å². The minimum Gasteiger partial charge on any atom is -0.368 e. The fraction of sp³-hybridized carbons (Fsp3) is 0.364. The average Bonchev–Trinajstić information content (AvgIpc) is 3.96. The number of thiophene rings is 2. The van der Waals surface area contributed by atoms with Crippen molar-refractivity contribution in [3.05, 3.63) is 142 Å². The first kappa shape index (κ1) is 50.5. The summed E-state index contributed by atoms with van der Waals surface area (Å²) in [6, 6.07) is 31.9. The number of nitrogens with zero attached hydrogens (tertiary/aromatic N) is 1. The summed E-state index contributed by atoms with van der Waals surface area (Å²) in [5, 5.41) is 16.5. The van der Waals surface area contributed by atoms with E-state index in [0.29, 0.717) is 12.8 Å². The molecular formula is C55H61N7O7S2. The van der Waals surface area contributed by atoms with Gasteiger partial charge in [-0.1, -0.05) is 129 Å². The Kier molecular flexibility index (Phi) is 16.9. The molecule has 0 bridgehead atoms. The molecule has 2 fully saturated rings. The van der Waals surface area contributed by atoms with E-state index >= 15 is 0 Å². The van der Waals surface area contributed by atoms with Crippen LogP contribution in [0.4, 0.5) is 0 Å². The number of nitrogens with two attached hydrogens (primary N) is 1. The molecule has 2 aliphatic rings. The van der Waals surface area contributed by atoms with Crippen LogP contribution in [0.5, 0.6) is 0 Å². The monoisotopic (exact) mass is 995 g/mol. The van der Waals surface area contributed by atoms with Gasteiger partial charge in [-0.3, -0.25) is 33.6 Å². The molecule has 6 atom stereocenters. The number of carbonyl (C=O) groups is 7. The Balaban J connectivity index is 1.02. The molecule has 1 aliphatic carbocycles. The van der Waals surface area contributed by atoms with Gasteiger partial charge in [-0.25, -0.2) is 0 Å². The van der Waals surface area contributed by atoms with E-state index < -0.39 is 77.6 Å². The van der Waals surface area contributed by atoms with Crippen LogP contribution in [0.25, 0.3) is 20.2 Å². The molecule has 7 N–H and O–H groups in total. The second-order valence-corrected chi connectivity index (χ2v) is 21.1. The van der Waals surface area contributed by atoms with E-state index in [2.05, 4.69) is 26.6 Å². The van der Waals surface area contributed by atoms with Crippen molar-refractivity contribution in [2.75, 3.05) is 6.54 Å². The van der Waals surface area contributed by atoms with Gasteiger partial charge >= 0.3 is 0 Å². The third-order valence-corrected chi connectivity index (χ3v) is 15.7. The van der Waals surface area contributed by atoms with Gasteiger partial charge in [-0.2, -0.15) is 0 Å². The molecule has 6 aromatic rings. The number of amides is 7. The second kappa shape index (κ2) is 23.8. The Morgan fingerprint density at radius 1 is 0.549 bits per heavy atom. The van der Waals surface area contributed by atoms with Gasteiger partial charge in [-0.05, 0) is 64.9 Å². The van der Waals surface area contributed by atoms with Crippen LogP contribution in [0.15, 0.2) is 121 Å². The molecule has 1 saturated heterocycles. The predicted molar refractivity (Wildman–Crippen MR) is 277 cm³/mol. The van der Waals surface area contributed by atoms with E-state index in [1.54, 1.807) is 0 Å². The minimum atomic E-state index is -1.14. The van der Waals surface area contributed by atoms with Gasteiger partial charge in [0.05, 0.1) is 0 Å². The average molecular weight is 996 g/mol. The molecule has 4 aromatic carbocycles. The van der Waals surface area contributed by atoms with E-state index in [1.165, 1.54) is 34.5 Å². The van der Waals surface area contributed by atoms with Gasteiger partial charge < -0.3 is 37.2 Å². The van der Waals surface area contributed by atoms with Crippen LogP contribution in [-0.4, -0.2) is 89.0 Å². The highest BCUT2D eigenvalue weighted by Crippen LogP contribution is 2.31. The fourth-order valence-corrected chi connectivity index (χ4v) is 11.9. The Hall–Kier alpha value is -6.91. The summed E-state index contributed by atoms with van der Waals surface area (Å²) in [6.07, 6.45) is 6.08. The highest BCUT2D eigenvalue weighted by atomic mass is 32.1. The van der Waals surface area contributed by atoms with Crippen molar-refractivity contribution in [1.82, 2.24) is 31.5 Å². The molecule has 0 spiro atoms. The molecule has 0 unspecified atom stereocenters. The number of hydrogen-bond acceptors (Lipinski definition) is 9. The number of primary amides is 1. The number of nitrogens with one attached hydrogen (secondary N) is 5. The number of hydrogen-bond donors (Lipinski definition) is 6. The van der Waals surface area contributed by atoms with Crippen molar-refractivity contribution < 1.29 is 33.6 Å². The van der Waals surface area contributed by atoms with Crippen LogP contribution in [0.2, 0.25) is 0 Å². The Morgan fingerprint density at radius 3 is 1.55 bits per heavy atom. The largest absolute Gasteiger partial charge is 0.368 e. The van der Waals surface area contributed by atoms with E-state index in [1.807, 2.05) is 121 Å². The Morgan fingerprint density at radius 2 is 1.03 bits per heavy atom. The summed E-state index contributed by atoms with van der Waals surface area (Å²) in [6.45, 7) is 1.58. The number of likely N-dealkylation sites (tertiary alicyclic amines) is 1. The van der Waals surface area contributed by atoms with Crippen molar-refractivity contribution in [2.24, 2.45) is 11.7 Å². The maximum atomic E-state index is 14.7. The van der Waals surface area contributed by atoms with Crippen LogP contribution in [0.3, 0.4) is 0 Å². The Labute approximate surface area is 421 Å². The summed E-state index contributed by atoms with van der Waals surface area (Å²) < 4.78 is 2.03. The van der Waals surface area contributed by atoms with Gasteiger partial charge in [0.2, 0.25) is 41.4 Å². The Bertz CT molecular complexity index is 2780. The van der Waals surface area contributed by atoms with Crippen LogP contribution < -0.4 is 32.3 Å². The SMILES string of the molecule is CC(=O)N[C@@H](Cc1ccccc1)C(=O)N[C@@H](Cc1cc2ccccc2s1)C(=O)N1CC[C@H]1C(=O)N[C@H](CC1CCCCC1)C(=O)N[C@@H](Cc1cc2ccccc2s1)C(=O)N[C@@H](Cc1ccccc1)C(N)=O. The molecule has 7 amide bonds. The molecular weight excluding hydrogens is 935 g/mol. The van der Waals surface area contributed by atoms with Gasteiger partial charge in [0.25, 0.3) is 0 Å². The molecule has 1 aliphatic heterocycles. The van der Waals surface area contributed by atoms with Crippen molar-refractivity contribution in [2.45, 2.75) is 114 Å². The lowest BCUT2D eigenvalue weighted by atomic mass is 9.84. The zero-order valence-electron chi connectivity index (χ0n) is 39.8. The third-order valence-electron chi connectivity index (χ3n) is 13.5. The van der Waals surface area contributed by atoms with Gasteiger partial charge in [0.1, 0.15) is 36.3 Å². The lowest BCUT2D eigenvalue weighted by Gasteiger charge is -2.42. The van der Waals surface area contributed by atoms with Gasteiger partial charge in [0, 0.05) is 58.3 Å². The zero-order valence-corrected chi connectivity index (χ0v) is 41.4. The first-order chi connectivity index (χ1) is 34.4. The standard InChI is InChI=1S/C55H61N7O7S2/c1-34(63)57-43(28-36-17-7-3-8-18-36)51(65)61-46(33-41-31-39-22-12-14-24-49(39)71-41)55(69)62-26-25-47(62)54(68)60-44(29-37-19-9-4-10-20-37)52(66)59-45(32-40-30-38-21-11-13-23-48(38)70-40)53(67)58-42(50(56)64)27-35-15-5-2-6-16-35/h2-3,5-8,11-18,21-24,30-31,37,42-47H,4,9-10,19-20,25-29,32-33H2,1H3,(H2,56,64)(H,57,63)(H,58,67)(H,59,66)(H,60,68)(H,61,65)/t42-,43-,44+,45-,46-,47-/m0/s1.